The van der Waals surface area contributed by atoms with Gasteiger partial charge in [0.15, 0.2) is 0 Å². The molecule has 2 aromatic heterocycles. The molecule has 1 amide bonds. The lowest BCUT2D eigenvalue weighted by Crippen LogP contribution is -2.27. The summed E-state index contributed by atoms with van der Waals surface area (Å²) >= 11 is 0. The monoisotopic (exact) mass is 275 g/mol. The molecule has 0 aliphatic carbocycles. The van der Waals surface area contributed by atoms with Crippen molar-refractivity contribution in [1.82, 2.24) is 14.7 Å². The molecule has 0 fully saturated rings. The third kappa shape index (κ3) is 2.99. The summed E-state index contributed by atoms with van der Waals surface area (Å²) in [6, 6.07) is 3.94. The van der Waals surface area contributed by atoms with Gasteiger partial charge in [-0.05, 0) is 31.4 Å². The highest BCUT2D eigenvalue weighted by Crippen LogP contribution is 2.14. The molecule has 0 spiro atoms. The first-order valence-corrected chi connectivity index (χ1v) is 6.92. The number of nitrogens with zero attached hydrogens (tertiary/aromatic N) is 2. The molecular formula is C15H21N3O2. The predicted octanol–water partition coefficient (Wildman–Crippen LogP) is 1.97. The minimum absolute atomic E-state index is 0.0731. The molecular weight excluding hydrogens is 254 g/mol. The number of aromatic nitrogens is 2. The van der Waals surface area contributed by atoms with Crippen molar-refractivity contribution in [2.24, 2.45) is 0 Å². The van der Waals surface area contributed by atoms with Crippen molar-refractivity contribution in [3.8, 4) is 0 Å². The lowest BCUT2D eigenvalue weighted by molar-refractivity contribution is 0.0941. The van der Waals surface area contributed by atoms with Crippen LogP contribution in [0.25, 0.3) is 5.65 Å². The molecule has 1 N–H and O–H groups in total. The largest absolute Gasteiger partial charge is 0.385 e. The van der Waals surface area contributed by atoms with Gasteiger partial charge >= 0.3 is 0 Å². The zero-order chi connectivity index (χ0) is 14.5. The van der Waals surface area contributed by atoms with E-state index in [0.717, 1.165) is 29.7 Å². The second kappa shape index (κ2) is 6.52. The number of carbonyl (C=O) groups is 1. The van der Waals surface area contributed by atoms with E-state index in [1.165, 1.54) is 0 Å². The number of hydrogen-bond acceptors (Lipinski definition) is 3. The molecule has 108 valence electrons. The highest BCUT2D eigenvalue weighted by Gasteiger charge is 2.17. The fourth-order valence-corrected chi connectivity index (χ4v) is 2.19. The highest BCUT2D eigenvalue weighted by atomic mass is 16.5. The number of hydrogen-bond donors (Lipinski definition) is 1. The van der Waals surface area contributed by atoms with Crippen molar-refractivity contribution in [1.29, 1.82) is 0 Å². The van der Waals surface area contributed by atoms with Gasteiger partial charge in [-0.15, -0.1) is 0 Å². The topological polar surface area (TPSA) is 55.6 Å². The van der Waals surface area contributed by atoms with Crippen molar-refractivity contribution in [3.05, 3.63) is 35.3 Å². The lowest BCUT2D eigenvalue weighted by Gasteiger charge is -2.06. The number of ether oxygens (including phenoxy) is 1. The molecule has 2 aromatic rings. The molecule has 2 heterocycles. The van der Waals surface area contributed by atoms with Crippen LogP contribution in [-0.2, 0) is 11.2 Å². The smallest absolute Gasteiger partial charge is 0.270 e. The minimum atomic E-state index is -0.0731. The summed E-state index contributed by atoms with van der Waals surface area (Å²) in [7, 11) is 1.66. The summed E-state index contributed by atoms with van der Waals surface area (Å²) in [5, 5.41) is 2.93. The number of fused-ring (bicyclic) bond motifs is 1. The van der Waals surface area contributed by atoms with E-state index in [4.69, 9.17) is 4.74 Å². The minimum Gasteiger partial charge on any atom is -0.385 e. The van der Waals surface area contributed by atoms with Crippen LogP contribution < -0.4 is 5.32 Å². The van der Waals surface area contributed by atoms with Crippen LogP contribution in [0.1, 0.15) is 35.1 Å². The summed E-state index contributed by atoms with van der Waals surface area (Å²) in [6.45, 7) is 5.27. The van der Waals surface area contributed by atoms with Crippen molar-refractivity contribution < 1.29 is 9.53 Å². The van der Waals surface area contributed by atoms with E-state index in [2.05, 4.69) is 10.3 Å². The number of carbonyl (C=O) groups excluding carboxylic acids is 1. The number of pyridine rings is 1. The fourth-order valence-electron chi connectivity index (χ4n) is 2.19. The molecule has 0 radical (unpaired) electrons. The quantitative estimate of drug-likeness (QED) is 0.820. The Kier molecular flexibility index (Phi) is 4.74. The average Bonchev–Trinajstić information content (AvgIpc) is 2.81. The molecule has 0 aromatic carbocycles. The maximum absolute atomic E-state index is 12.4. The van der Waals surface area contributed by atoms with Gasteiger partial charge in [0, 0.05) is 26.5 Å². The van der Waals surface area contributed by atoms with E-state index in [9.17, 15) is 4.79 Å². The summed E-state index contributed by atoms with van der Waals surface area (Å²) < 4.78 is 6.85. The van der Waals surface area contributed by atoms with E-state index in [1.807, 2.05) is 36.6 Å². The van der Waals surface area contributed by atoms with Crippen molar-refractivity contribution in [2.75, 3.05) is 20.3 Å². The number of rotatable bonds is 6. The summed E-state index contributed by atoms with van der Waals surface area (Å²) in [5.41, 5.74) is 3.39. The Labute approximate surface area is 119 Å². The number of nitrogens with one attached hydrogen (secondary N) is 1. The number of methoxy groups -OCH3 is 1. The van der Waals surface area contributed by atoms with Gasteiger partial charge in [0.25, 0.3) is 5.91 Å². The van der Waals surface area contributed by atoms with Crippen LogP contribution in [0.15, 0.2) is 18.3 Å². The molecule has 0 aliphatic heterocycles. The second-order valence-electron chi connectivity index (χ2n) is 4.80. The SMILES string of the molecule is CCc1nc2ccc(C)cn2c1C(=O)NCCCOC. The summed E-state index contributed by atoms with van der Waals surface area (Å²) in [5.74, 6) is -0.0731. The lowest BCUT2D eigenvalue weighted by atomic mass is 10.2. The standard InChI is InChI=1S/C15H21N3O2/c1-4-12-14(15(19)16-8-5-9-20-3)18-10-11(2)6-7-13(18)17-12/h6-7,10H,4-5,8-9H2,1-3H3,(H,16,19). The summed E-state index contributed by atoms with van der Waals surface area (Å²) in [6.07, 6.45) is 3.49. The van der Waals surface area contributed by atoms with Crippen molar-refractivity contribution >= 4 is 11.6 Å². The van der Waals surface area contributed by atoms with Crippen LogP contribution in [0.2, 0.25) is 0 Å². The molecule has 5 nitrogen and oxygen atoms in total. The molecule has 0 saturated carbocycles. The van der Waals surface area contributed by atoms with Crippen molar-refractivity contribution in [3.63, 3.8) is 0 Å². The van der Waals surface area contributed by atoms with Gasteiger partial charge in [-0.1, -0.05) is 13.0 Å². The first kappa shape index (κ1) is 14.5. The van der Waals surface area contributed by atoms with Crippen molar-refractivity contribution in [2.45, 2.75) is 26.7 Å². The first-order valence-electron chi connectivity index (χ1n) is 6.92. The van der Waals surface area contributed by atoms with E-state index < -0.39 is 0 Å². The predicted molar refractivity (Wildman–Crippen MR) is 78.1 cm³/mol. The van der Waals surface area contributed by atoms with Gasteiger partial charge in [0.1, 0.15) is 11.3 Å². The molecule has 0 atom stereocenters. The summed E-state index contributed by atoms with van der Waals surface area (Å²) in [4.78, 5) is 16.9. The van der Waals surface area contributed by atoms with Gasteiger partial charge in [0.05, 0.1) is 5.69 Å². The third-order valence-electron chi connectivity index (χ3n) is 3.20. The number of imidazole rings is 1. The number of amides is 1. The Bertz CT molecular complexity index is 604. The third-order valence-corrected chi connectivity index (χ3v) is 3.20. The van der Waals surface area contributed by atoms with Gasteiger partial charge in [0.2, 0.25) is 0 Å². The Hall–Kier alpha value is -1.88. The Balaban J connectivity index is 2.26. The van der Waals surface area contributed by atoms with Crippen LogP contribution in [0, 0.1) is 6.92 Å². The van der Waals surface area contributed by atoms with Crippen LogP contribution in [0.3, 0.4) is 0 Å². The maximum atomic E-state index is 12.4. The Morgan fingerprint density at radius 1 is 1.45 bits per heavy atom. The highest BCUT2D eigenvalue weighted by molar-refractivity contribution is 5.94. The zero-order valence-corrected chi connectivity index (χ0v) is 12.3. The molecule has 0 bridgehead atoms. The molecule has 0 unspecified atom stereocenters. The first-order chi connectivity index (χ1) is 9.67. The van der Waals surface area contributed by atoms with Crippen LogP contribution in [-0.4, -0.2) is 35.6 Å². The van der Waals surface area contributed by atoms with E-state index in [1.54, 1.807) is 7.11 Å². The number of aryl methyl sites for hydroxylation is 2. The average molecular weight is 275 g/mol. The zero-order valence-electron chi connectivity index (χ0n) is 12.3. The van der Waals surface area contributed by atoms with Gasteiger partial charge in [-0.3, -0.25) is 9.20 Å². The van der Waals surface area contributed by atoms with Gasteiger partial charge < -0.3 is 10.1 Å². The molecule has 2 rings (SSSR count). The second-order valence-corrected chi connectivity index (χ2v) is 4.80. The fraction of sp³-hybridized carbons (Fsp3) is 0.467. The maximum Gasteiger partial charge on any atom is 0.270 e. The van der Waals surface area contributed by atoms with Gasteiger partial charge in [-0.2, -0.15) is 0 Å². The Morgan fingerprint density at radius 2 is 2.25 bits per heavy atom. The Morgan fingerprint density at radius 3 is 2.95 bits per heavy atom. The molecule has 20 heavy (non-hydrogen) atoms. The van der Waals surface area contributed by atoms with Crippen LogP contribution >= 0.6 is 0 Å². The van der Waals surface area contributed by atoms with E-state index in [-0.39, 0.29) is 5.91 Å². The van der Waals surface area contributed by atoms with E-state index in [0.29, 0.717) is 18.8 Å². The molecule has 0 aliphatic rings. The van der Waals surface area contributed by atoms with Gasteiger partial charge in [-0.25, -0.2) is 4.98 Å². The normalized spacial score (nSPS) is 10.9. The molecule has 5 heteroatoms. The van der Waals surface area contributed by atoms with E-state index >= 15 is 0 Å². The molecule has 0 saturated heterocycles. The van der Waals surface area contributed by atoms with Crippen LogP contribution in [0.4, 0.5) is 0 Å². The van der Waals surface area contributed by atoms with Crippen LogP contribution in [0.5, 0.6) is 0 Å².